The molecule has 348 valence electrons. The van der Waals surface area contributed by atoms with Crippen molar-refractivity contribution < 1.29 is 48.1 Å². The van der Waals surface area contributed by atoms with Gasteiger partial charge in [-0.25, -0.2) is 4.79 Å². The van der Waals surface area contributed by atoms with Gasteiger partial charge in [0.1, 0.15) is 18.1 Å². The Hall–Kier alpha value is -4.77. The second-order valence-electron chi connectivity index (χ2n) is 16.9. The maximum Gasteiger partial charge on any atom is 0.326 e. The molecule has 0 radical (unpaired) electrons. The number of hydrogen-bond acceptors (Lipinski definition) is 10. The van der Waals surface area contributed by atoms with Gasteiger partial charge in [0.25, 0.3) is 0 Å². The zero-order chi connectivity index (χ0) is 46.7. The van der Waals surface area contributed by atoms with Crippen molar-refractivity contribution in [2.75, 3.05) is 54.6 Å². The van der Waals surface area contributed by atoms with Gasteiger partial charge in [-0.3, -0.25) is 24.0 Å². The summed E-state index contributed by atoms with van der Waals surface area (Å²) in [5, 5.41) is 18.9. The molecule has 0 unspecified atom stereocenters. The number of likely N-dealkylation sites (N-methyl/N-ethyl adjacent to an activating group) is 2. The third kappa shape index (κ3) is 15.2. The highest BCUT2D eigenvalue weighted by Crippen LogP contribution is 2.30. The number of benzene rings is 1. The minimum Gasteiger partial charge on any atom is -0.480 e. The van der Waals surface area contributed by atoms with E-state index in [1.165, 1.54) is 19.1 Å². The van der Waals surface area contributed by atoms with E-state index in [0.29, 0.717) is 25.8 Å². The summed E-state index contributed by atoms with van der Waals surface area (Å²) < 4.78 is 17.3. The van der Waals surface area contributed by atoms with Crippen LogP contribution in [-0.2, 0) is 49.4 Å². The lowest BCUT2D eigenvalue weighted by molar-refractivity contribution is -0.149. The van der Waals surface area contributed by atoms with Gasteiger partial charge in [-0.05, 0) is 41.7 Å². The molecule has 2 rings (SSSR count). The van der Waals surface area contributed by atoms with Gasteiger partial charge in [-0.2, -0.15) is 0 Å². The van der Waals surface area contributed by atoms with E-state index >= 15 is 0 Å². The molecule has 18 nitrogen and oxygen atoms in total. The third-order valence-electron chi connectivity index (χ3n) is 12.0. The number of rotatable bonds is 27. The van der Waals surface area contributed by atoms with E-state index in [-0.39, 0.29) is 74.5 Å². The van der Waals surface area contributed by atoms with E-state index in [4.69, 9.17) is 19.7 Å². The first kappa shape index (κ1) is 53.4. The molecular weight excluding hydrogens is 801 g/mol. The molecule has 0 aromatic heterocycles. The Morgan fingerprint density at radius 3 is 2.15 bits per heavy atom. The Morgan fingerprint density at radius 2 is 1.60 bits per heavy atom. The molecule has 1 saturated heterocycles. The molecular formula is C44H72N8O10. The van der Waals surface area contributed by atoms with Gasteiger partial charge >= 0.3 is 5.97 Å². The first-order valence-corrected chi connectivity index (χ1v) is 21.7. The van der Waals surface area contributed by atoms with Crippen LogP contribution in [0.1, 0.15) is 86.1 Å². The zero-order valence-electron chi connectivity index (χ0n) is 38.6. The monoisotopic (exact) mass is 873 g/mol. The highest BCUT2D eigenvalue weighted by atomic mass is 16.5. The van der Waals surface area contributed by atoms with E-state index in [9.17, 15) is 33.9 Å². The number of azide groups is 1. The quantitative estimate of drug-likeness (QED) is 0.0497. The fraction of sp³-hybridized carbons (Fsp3) is 0.727. The van der Waals surface area contributed by atoms with Gasteiger partial charge in [-0.1, -0.05) is 90.3 Å². The summed E-state index contributed by atoms with van der Waals surface area (Å²) in [6, 6.07) is 4.98. The Labute approximate surface area is 367 Å². The normalized spacial score (nSPS) is 17.8. The van der Waals surface area contributed by atoms with Crippen molar-refractivity contribution in [2.45, 2.75) is 129 Å². The summed E-state index contributed by atoms with van der Waals surface area (Å²) in [6.45, 7) is 13.7. The van der Waals surface area contributed by atoms with Crippen molar-refractivity contribution in [3.05, 3.63) is 46.3 Å². The van der Waals surface area contributed by atoms with Crippen molar-refractivity contribution in [2.24, 2.45) is 28.8 Å². The van der Waals surface area contributed by atoms with Crippen molar-refractivity contribution in [3.8, 4) is 0 Å². The van der Waals surface area contributed by atoms with Gasteiger partial charge in [-0.15, -0.1) is 0 Å². The van der Waals surface area contributed by atoms with Crippen LogP contribution in [0.15, 0.2) is 35.4 Å². The molecule has 3 N–H and O–H groups in total. The molecule has 18 heteroatoms. The number of carboxylic acid groups (broad SMARTS) is 1. The van der Waals surface area contributed by atoms with Crippen molar-refractivity contribution in [3.63, 3.8) is 0 Å². The van der Waals surface area contributed by atoms with Crippen LogP contribution in [-0.4, -0.2) is 152 Å². The van der Waals surface area contributed by atoms with E-state index in [1.807, 2.05) is 47.6 Å². The molecule has 1 aliphatic heterocycles. The zero-order valence-corrected chi connectivity index (χ0v) is 38.6. The number of nitrogens with zero attached hydrogens (tertiary/aromatic N) is 6. The molecule has 5 amide bonds. The maximum atomic E-state index is 14.5. The largest absolute Gasteiger partial charge is 0.480 e. The number of carbonyl (C=O) groups excluding carboxylic acids is 5. The predicted octanol–water partition coefficient (Wildman–Crippen LogP) is 4.06. The van der Waals surface area contributed by atoms with Gasteiger partial charge in [0, 0.05) is 52.7 Å². The van der Waals surface area contributed by atoms with E-state index in [0.717, 1.165) is 5.56 Å². The lowest BCUT2D eigenvalue weighted by atomic mass is 9.89. The van der Waals surface area contributed by atoms with Crippen LogP contribution in [0.5, 0.6) is 0 Å². The number of aliphatic carboxylic acids is 1. The SMILES string of the molecule is CC[C@H](C)[C@@H]([C@@H](CC(=O)N1CCC[C@H]1[C@H](OC)[C@@H](C)C(=O)N[C@@H](Cc1ccccc1)C(=O)O)OC)N(C)C(=O)[C@@H](NC(=O)[C@H](C(C)C)N(C)C(=O)CCOCCN=[N+]=[N-])C(C)C. The standard InChI is InChI=1S/C44H72N8O10/c1-12-29(6)39(51(9)43(57)37(27(2)3)48-42(56)38(28(4)5)50(8)35(53)20-23-62-24-21-46-49-45)34(60-10)26-36(54)52-22-16-19-33(52)40(61-11)30(7)41(55)47-32(44(58)59)25-31-17-14-13-15-18-31/h13-15,17-18,27-30,32-34,37-40H,12,16,19-26H2,1-11H3,(H,47,55)(H,48,56)(H,58,59)/t29-,30+,32-,33-,34+,37-,38-,39-,40+/m0/s1. The van der Waals surface area contributed by atoms with E-state index in [1.54, 1.807) is 55.1 Å². The molecule has 1 fully saturated rings. The van der Waals surface area contributed by atoms with Gasteiger partial charge in [0.15, 0.2) is 0 Å². The highest BCUT2D eigenvalue weighted by Gasteiger charge is 2.43. The second-order valence-corrected chi connectivity index (χ2v) is 16.9. The number of carbonyl (C=O) groups is 6. The summed E-state index contributed by atoms with van der Waals surface area (Å²) in [6.07, 6.45) is 0.451. The van der Waals surface area contributed by atoms with Gasteiger partial charge in [0.2, 0.25) is 29.5 Å². The Kier molecular flexibility index (Phi) is 22.9. The molecule has 1 heterocycles. The Morgan fingerprint density at radius 1 is 0.935 bits per heavy atom. The first-order chi connectivity index (χ1) is 29.4. The Balaban J connectivity index is 2.25. The lowest BCUT2D eigenvalue weighted by Crippen LogP contribution is -2.60. The molecule has 1 aromatic carbocycles. The van der Waals surface area contributed by atoms with E-state index < -0.39 is 66.1 Å². The summed E-state index contributed by atoms with van der Waals surface area (Å²) in [4.78, 5) is 88.8. The molecule has 9 atom stereocenters. The van der Waals surface area contributed by atoms with Crippen molar-refractivity contribution >= 4 is 35.5 Å². The Bertz CT molecular complexity index is 1660. The summed E-state index contributed by atoms with van der Waals surface area (Å²) in [5.74, 6) is -4.63. The second kappa shape index (κ2) is 26.6. The number of amides is 5. The van der Waals surface area contributed by atoms with Gasteiger partial charge in [0.05, 0.1) is 56.3 Å². The molecule has 1 aromatic rings. The average molecular weight is 873 g/mol. The number of ether oxygens (including phenoxy) is 3. The van der Waals surface area contributed by atoms with Crippen molar-refractivity contribution in [1.82, 2.24) is 25.3 Å². The fourth-order valence-corrected chi connectivity index (χ4v) is 8.30. The summed E-state index contributed by atoms with van der Waals surface area (Å²) >= 11 is 0. The van der Waals surface area contributed by atoms with Crippen LogP contribution >= 0.6 is 0 Å². The summed E-state index contributed by atoms with van der Waals surface area (Å²) in [7, 11) is 6.17. The topological polar surface area (TPSA) is 233 Å². The number of likely N-dealkylation sites (tertiary alicyclic amines) is 1. The summed E-state index contributed by atoms with van der Waals surface area (Å²) in [5.41, 5.74) is 9.19. The van der Waals surface area contributed by atoms with Crippen LogP contribution in [0.3, 0.4) is 0 Å². The predicted molar refractivity (Wildman–Crippen MR) is 233 cm³/mol. The average Bonchev–Trinajstić information content (AvgIpc) is 3.73. The van der Waals surface area contributed by atoms with Gasteiger partial charge < -0.3 is 44.7 Å². The highest BCUT2D eigenvalue weighted by molar-refractivity contribution is 5.92. The first-order valence-electron chi connectivity index (χ1n) is 21.7. The molecule has 0 bridgehead atoms. The van der Waals surface area contributed by atoms with Crippen LogP contribution in [0, 0.1) is 23.7 Å². The molecule has 0 spiro atoms. The third-order valence-corrected chi connectivity index (χ3v) is 12.0. The maximum absolute atomic E-state index is 14.5. The number of nitrogens with one attached hydrogen (secondary N) is 2. The lowest BCUT2D eigenvalue weighted by Gasteiger charge is -2.41. The number of carboxylic acids is 1. The number of hydrogen-bond donors (Lipinski definition) is 3. The molecule has 62 heavy (non-hydrogen) atoms. The minimum absolute atomic E-state index is 0.00726. The fourth-order valence-electron chi connectivity index (χ4n) is 8.30. The van der Waals surface area contributed by atoms with E-state index in [2.05, 4.69) is 20.7 Å². The molecule has 0 saturated carbocycles. The van der Waals surface area contributed by atoms with Crippen LogP contribution < -0.4 is 10.6 Å². The van der Waals surface area contributed by atoms with Crippen LogP contribution in [0.2, 0.25) is 0 Å². The smallest absolute Gasteiger partial charge is 0.326 e. The van der Waals surface area contributed by atoms with Crippen molar-refractivity contribution in [1.29, 1.82) is 0 Å². The number of methoxy groups -OCH3 is 2. The van der Waals surface area contributed by atoms with Crippen LogP contribution in [0.25, 0.3) is 10.4 Å². The van der Waals surface area contributed by atoms with Crippen LogP contribution in [0.4, 0.5) is 0 Å². The minimum atomic E-state index is -1.16. The molecule has 1 aliphatic rings. The molecule has 0 aliphatic carbocycles.